The molecule has 1 aromatic carbocycles. The van der Waals surface area contributed by atoms with Crippen LogP contribution in [-0.2, 0) is 0 Å². The maximum Gasteiger partial charge on any atom is 0.253 e. The molecule has 1 aliphatic rings. The fourth-order valence-corrected chi connectivity index (χ4v) is 3.19. The number of carbonyl (C=O) groups excluding carboxylic acids is 1. The molecule has 0 aliphatic carbocycles. The van der Waals surface area contributed by atoms with E-state index in [1.165, 1.54) is 12.3 Å². The van der Waals surface area contributed by atoms with Crippen LogP contribution in [-0.4, -0.2) is 44.1 Å². The molecule has 1 fully saturated rings. The van der Waals surface area contributed by atoms with Crippen molar-refractivity contribution in [2.75, 3.05) is 32.1 Å². The second kappa shape index (κ2) is 7.78. The van der Waals surface area contributed by atoms with Gasteiger partial charge in [-0.15, -0.1) is 0 Å². The number of hydrogen-bond donors (Lipinski definition) is 2. The molecule has 3 rings (SSSR count). The zero-order valence-electron chi connectivity index (χ0n) is 14.8. The Morgan fingerprint density at radius 1 is 1.23 bits per heavy atom. The summed E-state index contributed by atoms with van der Waals surface area (Å²) < 4.78 is 26.8. The summed E-state index contributed by atoms with van der Waals surface area (Å²) in [6.07, 6.45) is 2.27. The number of anilines is 1. The molecule has 1 amide bonds. The van der Waals surface area contributed by atoms with E-state index in [0.717, 1.165) is 24.8 Å². The van der Waals surface area contributed by atoms with Gasteiger partial charge in [0.2, 0.25) is 0 Å². The number of pyridine rings is 1. The highest BCUT2D eigenvalue weighted by Crippen LogP contribution is 2.27. The molecule has 2 aromatic rings. The van der Waals surface area contributed by atoms with Crippen LogP contribution in [0.15, 0.2) is 36.5 Å². The number of carbonyl (C=O) groups is 1. The number of nitrogens with one attached hydrogen (secondary N) is 2. The van der Waals surface area contributed by atoms with Crippen molar-refractivity contribution >= 4 is 11.7 Å². The molecule has 2 heterocycles. The number of amides is 1. The minimum Gasteiger partial charge on any atom is -0.363 e. The van der Waals surface area contributed by atoms with E-state index >= 15 is 0 Å². The molecule has 138 valence electrons. The smallest absolute Gasteiger partial charge is 0.253 e. The summed E-state index contributed by atoms with van der Waals surface area (Å²) in [6, 6.07) is 7.23. The molecule has 1 saturated heterocycles. The zero-order valence-corrected chi connectivity index (χ0v) is 14.8. The topological polar surface area (TPSA) is 57.3 Å². The Balaban J connectivity index is 1.75. The standard InChI is InChI=1S/C19H22F2N4O/c1-25(2)18-6-4-13(10-23-18)19(26)24-17-11-22-8-7-14(17)12-3-5-15(20)16(21)9-12/h3-6,9-10,14,17,22H,7-8,11H2,1-2H3,(H,24,26). The van der Waals surface area contributed by atoms with E-state index in [-0.39, 0.29) is 17.9 Å². The molecule has 26 heavy (non-hydrogen) atoms. The predicted molar refractivity (Wildman–Crippen MR) is 96.4 cm³/mol. The number of benzene rings is 1. The van der Waals surface area contributed by atoms with Gasteiger partial charge in [-0.1, -0.05) is 6.07 Å². The summed E-state index contributed by atoms with van der Waals surface area (Å²) in [5, 5.41) is 6.23. The van der Waals surface area contributed by atoms with Crippen molar-refractivity contribution in [2.24, 2.45) is 0 Å². The molecule has 7 heteroatoms. The normalized spacial score (nSPS) is 19.8. The number of aromatic nitrogens is 1. The van der Waals surface area contributed by atoms with Gasteiger partial charge >= 0.3 is 0 Å². The van der Waals surface area contributed by atoms with Gasteiger partial charge in [0, 0.05) is 38.8 Å². The predicted octanol–water partition coefficient (Wildman–Crippen LogP) is 2.30. The van der Waals surface area contributed by atoms with Gasteiger partial charge in [0.1, 0.15) is 5.82 Å². The molecular weight excluding hydrogens is 338 g/mol. The molecule has 0 bridgehead atoms. The van der Waals surface area contributed by atoms with E-state index in [9.17, 15) is 13.6 Å². The molecule has 2 atom stereocenters. The Hall–Kier alpha value is -2.54. The van der Waals surface area contributed by atoms with Crippen LogP contribution >= 0.6 is 0 Å². The van der Waals surface area contributed by atoms with Crippen molar-refractivity contribution in [3.05, 3.63) is 59.3 Å². The van der Waals surface area contributed by atoms with Gasteiger partial charge < -0.3 is 15.5 Å². The summed E-state index contributed by atoms with van der Waals surface area (Å²) in [5.74, 6) is -1.28. The minimum atomic E-state index is -0.866. The van der Waals surface area contributed by atoms with Crippen molar-refractivity contribution in [3.63, 3.8) is 0 Å². The number of halogens is 2. The lowest BCUT2D eigenvalue weighted by molar-refractivity contribution is 0.0924. The first-order chi connectivity index (χ1) is 12.5. The van der Waals surface area contributed by atoms with Crippen molar-refractivity contribution in [3.8, 4) is 0 Å². The van der Waals surface area contributed by atoms with Gasteiger partial charge in [-0.25, -0.2) is 13.8 Å². The lowest BCUT2D eigenvalue weighted by atomic mass is 9.86. The van der Waals surface area contributed by atoms with Crippen LogP contribution in [0.3, 0.4) is 0 Å². The Morgan fingerprint density at radius 3 is 2.69 bits per heavy atom. The summed E-state index contributed by atoms with van der Waals surface area (Å²) in [7, 11) is 3.75. The van der Waals surface area contributed by atoms with Crippen molar-refractivity contribution in [1.29, 1.82) is 0 Å². The summed E-state index contributed by atoms with van der Waals surface area (Å²) >= 11 is 0. The van der Waals surface area contributed by atoms with Crippen molar-refractivity contribution in [2.45, 2.75) is 18.4 Å². The minimum absolute atomic E-state index is 0.0793. The highest BCUT2D eigenvalue weighted by atomic mass is 19.2. The molecule has 5 nitrogen and oxygen atoms in total. The van der Waals surface area contributed by atoms with Crippen LogP contribution in [0.5, 0.6) is 0 Å². The quantitative estimate of drug-likeness (QED) is 0.879. The summed E-state index contributed by atoms with van der Waals surface area (Å²) in [5.41, 5.74) is 1.15. The monoisotopic (exact) mass is 360 g/mol. The maximum atomic E-state index is 13.6. The van der Waals surface area contributed by atoms with Crippen LogP contribution in [0, 0.1) is 11.6 Å². The largest absolute Gasteiger partial charge is 0.363 e. The third-order valence-corrected chi connectivity index (χ3v) is 4.64. The maximum absolute atomic E-state index is 13.6. The van der Waals surface area contributed by atoms with E-state index < -0.39 is 11.6 Å². The average molecular weight is 360 g/mol. The fourth-order valence-electron chi connectivity index (χ4n) is 3.19. The lowest BCUT2D eigenvalue weighted by Crippen LogP contribution is -2.50. The highest BCUT2D eigenvalue weighted by molar-refractivity contribution is 5.94. The first-order valence-electron chi connectivity index (χ1n) is 8.55. The van der Waals surface area contributed by atoms with Gasteiger partial charge in [0.15, 0.2) is 11.6 Å². The molecule has 0 radical (unpaired) electrons. The van der Waals surface area contributed by atoms with Gasteiger partial charge in [0.05, 0.1) is 5.56 Å². The molecule has 0 saturated carbocycles. The average Bonchev–Trinajstić information content (AvgIpc) is 2.64. The first-order valence-corrected chi connectivity index (χ1v) is 8.55. The molecule has 1 aromatic heterocycles. The van der Waals surface area contributed by atoms with E-state index in [1.807, 2.05) is 19.0 Å². The number of hydrogen-bond acceptors (Lipinski definition) is 4. The van der Waals surface area contributed by atoms with Crippen molar-refractivity contribution < 1.29 is 13.6 Å². The summed E-state index contributed by atoms with van der Waals surface area (Å²) in [4.78, 5) is 18.7. The molecule has 0 spiro atoms. The van der Waals surface area contributed by atoms with Crippen molar-refractivity contribution in [1.82, 2.24) is 15.6 Å². The Morgan fingerprint density at radius 2 is 2.04 bits per heavy atom. The molecule has 1 aliphatic heterocycles. The van der Waals surface area contributed by atoms with Crippen LogP contribution in [0.1, 0.15) is 28.3 Å². The lowest BCUT2D eigenvalue weighted by Gasteiger charge is -2.33. The van der Waals surface area contributed by atoms with Crippen LogP contribution in [0.4, 0.5) is 14.6 Å². The second-order valence-corrected chi connectivity index (χ2v) is 6.65. The molecular formula is C19H22F2N4O. The van der Waals surface area contributed by atoms with Crippen LogP contribution < -0.4 is 15.5 Å². The summed E-state index contributed by atoms with van der Waals surface area (Å²) in [6.45, 7) is 1.33. The molecule has 2 unspecified atom stereocenters. The Bertz CT molecular complexity index is 780. The second-order valence-electron chi connectivity index (χ2n) is 6.65. The van der Waals surface area contributed by atoms with Gasteiger partial charge in [0.25, 0.3) is 5.91 Å². The SMILES string of the molecule is CN(C)c1ccc(C(=O)NC2CNCCC2c2ccc(F)c(F)c2)cn1. The van der Waals surface area contributed by atoms with Gasteiger partial charge in [-0.3, -0.25) is 4.79 Å². The fraction of sp³-hybridized carbons (Fsp3) is 0.368. The Kier molecular flexibility index (Phi) is 5.46. The van der Waals surface area contributed by atoms with E-state index in [2.05, 4.69) is 15.6 Å². The Labute approximate surface area is 151 Å². The van der Waals surface area contributed by atoms with E-state index in [1.54, 1.807) is 18.2 Å². The van der Waals surface area contributed by atoms with Gasteiger partial charge in [-0.2, -0.15) is 0 Å². The highest BCUT2D eigenvalue weighted by Gasteiger charge is 2.28. The van der Waals surface area contributed by atoms with E-state index in [0.29, 0.717) is 17.7 Å². The number of nitrogens with zero attached hydrogens (tertiary/aromatic N) is 2. The zero-order chi connectivity index (χ0) is 18.7. The third-order valence-electron chi connectivity index (χ3n) is 4.64. The van der Waals surface area contributed by atoms with Gasteiger partial charge in [-0.05, 0) is 42.8 Å². The van der Waals surface area contributed by atoms with Crippen LogP contribution in [0.25, 0.3) is 0 Å². The number of piperidine rings is 1. The first kappa shape index (κ1) is 18.3. The van der Waals surface area contributed by atoms with E-state index in [4.69, 9.17) is 0 Å². The number of rotatable bonds is 4. The third kappa shape index (κ3) is 3.99. The van der Waals surface area contributed by atoms with Crippen LogP contribution in [0.2, 0.25) is 0 Å². The molecule has 2 N–H and O–H groups in total.